The molecule has 0 saturated carbocycles. The molecule has 0 atom stereocenters. The van der Waals surface area contributed by atoms with Crippen molar-refractivity contribution in [3.8, 4) is 17.2 Å². The van der Waals surface area contributed by atoms with Crippen molar-refractivity contribution in [3.05, 3.63) is 76.7 Å². The zero-order chi connectivity index (χ0) is 23.5. The Morgan fingerprint density at radius 1 is 0.727 bits per heavy atom. The highest BCUT2D eigenvalue weighted by Gasteiger charge is 2.14. The first-order chi connectivity index (χ1) is 16.0. The first kappa shape index (κ1) is 24.6. The molecule has 1 heterocycles. The minimum Gasteiger partial charge on any atom is -0.494 e. The third-order valence-corrected chi connectivity index (χ3v) is 5.30. The number of hydrogen-bond acceptors (Lipinski definition) is 6. The number of carbonyl (C=O) groups excluding carboxylic acids is 2. The number of furan rings is 1. The van der Waals surface area contributed by atoms with E-state index < -0.39 is 11.9 Å². The maximum atomic E-state index is 12.4. The lowest BCUT2D eigenvalue weighted by Gasteiger charge is -2.08. The summed E-state index contributed by atoms with van der Waals surface area (Å²) in [5.41, 5.74) is 0.332. The summed E-state index contributed by atoms with van der Waals surface area (Å²) in [7, 11) is 0. The number of unbranched alkanes of at least 4 members (excludes halogenated alkanes) is 5. The van der Waals surface area contributed by atoms with Crippen molar-refractivity contribution >= 4 is 27.9 Å². The highest BCUT2D eigenvalue weighted by molar-refractivity contribution is 9.10. The van der Waals surface area contributed by atoms with Gasteiger partial charge in [-0.2, -0.15) is 0 Å². The van der Waals surface area contributed by atoms with Crippen LogP contribution in [0.4, 0.5) is 0 Å². The second kappa shape index (κ2) is 12.8. The molecule has 3 aromatic rings. The third-order valence-electron chi connectivity index (χ3n) is 4.88. The van der Waals surface area contributed by atoms with Crippen LogP contribution in [0.3, 0.4) is 0 Å². The largest absolute Gasteiger partial charge is 0.494 e. The van der Waals surface area contributed by atoms with E-state index >= 15 is 0 Å². The van der Waals surface area contributed by atoms with E-state index in [-0.39, 0.29) is 11.5 Å². The normalized spacial score (nSPS) is 10.6. The monoisotopic (exact) mass is 514 g/mol. The van der Waals surface area contributed by atoms with Crippen molar-refractivity contribution in [2.45, 2.75) is 45.4 Å². The van der Waals surface area contributed by atoms with Gasteiger partial charge in [0.25, 0.3) is 0 Å². The lowest BCUT2D eigenvalue weighted by Crippen LogP contribution is -2.10. The summed E-state index contributed by atoms with van der Waals surface area (Å²) in [4.78, 5) is 24.4. The van der Waals surface area contributed by atoms with E-state index in [1.165, 1.54) is 62.4 Å². The van der Waals surface area contributed by atoms with Crippen LogP contribution in [-0.4, -0.2) is 18.5 Å². The Morgan fingerprint density at radius 2 is 1.30 bits per heavy atom. The second-order valence-corrected chi connectivity index (χ2v) is 8.28. The summed E-state index contributed by atoms with van der Waals surface area (Å²) in [6.07, 6.45) is 7.28. The predicted molar refractivity (Wildman–Crippen MR) is 128 cm³/mol. The van der Waals surface area contributed by atoms with Gasteiger partial charge in [-0.15, -0.1) is 0 Å². The van der Waals surface area contributed by atoms with Crippen LogP contribution in [0.25, 0.3) is 0 Å². The molecule has 0 amide bonds. The van der Waals surface area contributed by atoms with Crippen molar-refractivity contribution < 1.29 is 28.2 Å². The van der Waals surface area contributed by atoms with Gasteiger partial charge in [0.2, 0.25) is 5.76 Å². The van der Waals surface area contributed by atoms with E-state index in [0.29, 0.717) is 22.6 Å². The van der Waals surface area contributed by atoms with E-state index in [2.05, 4.69) is 22.9 Å². The minimum atomic E-state index is -0.630. The molecule has 0 radical (unpaired) electrons. The highest BCUT2D eigenvalue weighted by Crippen LogP contribution is 2.21. The molecule has 1 aromatic heterocycles. The summed E-state index contributed by atoms with van der Waals surface area (Å²) in [6.45, 7) is 2.89. The Balaban J connectivity index is 1.43. The average molecular weight is 515 g/mol. The summed E-state index contributed by atoms with van der Waals surface area (Å²) >= 11 is 3.13. The van der Waals surface area contributed by atoms with Gasteiger partial charge in [0, 0.05) is 0 Å². The van der Waals surface area contributed by atoms with Gasteiger partial charge in [-0.3, -0.25) is 0 Å². The zero-order valence-corrected chi connectivity index (χ0v) is 20.1. The van der Waals surface area contributed by atoms with Gasteiger partial charge >= 0.3 is 11.9 Å². The fraction of sp³-hybridized carbons (Fsp3) is 0.308. The van der Waals surface area contributed by atoms with Gasteiger partial charge in [0.1, 0.15) is 17.2 Å². The maximum Gasteiger partial charge on any atom is 0.379 e. The molecule has 0 unspecified atom stereocenters. The lowest BCUT2D eigenvalue weighted by atomic mass is 10.1. The molecule has 0 N–H and O–H groups in total. The Hall–Kier alpha value is -3.06. The van der Waals surface area contributed by atoms with Crippen LogP contribution in [0.2, 0.25) is 0 Å². The second-order valence-electron chi connectivity index (χ2n) is 7.49. The molecule has 2 aromatic carbocycles. The number of rotatable bonds is 12. The van der Waals surface area contributed by atoms with Gasteiger partial charge in [-0.05, 0) is 83.0 Å². The number of carbonyl (C=O) groups is 2. The molecule has 3 rings (SSSR count). The van der Waals surface area contributed by atoms with Gasteiger partial charge < -0.3 is 18.6 Å². The minimum absolute atomic E-state index is 0.0739. The van der Waals surface area contributed by atoms with Gasteiger partial charge in [0.05, 0.1) is 12.2 Å². The van der Waals surface area contributed by atoms with Gasteiger partial charge in [0.15, 0.2) is 4.67 Å². The molecule has 0 fully saturated rings. The standard InChI is InChI=1S/C26H27BrO6/c1-2-3-4-5-6-7-18-30-20-12-14-22(15-13-20)31-25(28)19-8-10-21(11-9-19)32-26(29)23-16-17-24(27)33-23/h8-17H,2-7,18H2,1H3. The first-order valence-electron chi connectivity index (χ1n) is 11.1. The number of esters is 2. The molecule has 33 heavy (non-hydrogen) atoms. The molecule has 174 valence electrons. The summed E-state index contributed by atoms with van der Waals surface area (Å²) in [5, 5.41) is 0. The van der Waals surface area contributed by atoms with Crippen LogP contribution >= 0.6 is 15.9 Å². The van der Waals surface area contributed by atoms with Crippen molar-refractivity contribution in [3.63, 3.8) is 0 Å². The molecule has 6 nitrogen and oxygen atoms in total. The molecule has 0 bridgehead atoms. The van der Waals surface area contributed by atoms with E-state index in [9.17, 15) is 9.59 Å². The zero-order valence-electron chi connectivity index (χ0n) is 18.6. The fourth-order valence-corrected chi connectivity index (χ4v) is 3.39. The van der Waals surface area contributed by atoms with E-state index in [4.69, 9.17) is 18.6 Å². The van der Waals surface area contributed by atoms with E-state index in [1.54, 1.807) is 30.3 Å². The lowest BCUT2D eigenvalue weighted by molar-refractivity contribution is 0.0699. The quantitative estimate of drug-likeness (QED) is 0.144. The summed E-state index contributed by atoms with van der Waals surface area (Å²) in [6, 6.07) is 16.2. The van der Waals surface area contributed by atoms with Crippen LogP contribution in [0.1, 0.15) is 66.4 Å². The van der Waals surface area contributed by atoms with Crippen LogP contribution in [0, 0.1) is 0 Å². The van der Waals surface area contributed by atoms with Gasteiger partial charge in [-0.1, -0.05) is 39.0 Å². The number of halogens is 1. The first-order valence-corrected chi connectivity index (χ1v) is 11.9. The average Bonchev–Trinajstić information content (AvgIpc) is 3.26. The molecule has 0 spiro atoms. The Bertz CT molecular complexity index is 1020. The van der Waals surface area contributed by atoms with Crippen LogP contribution < -0.4 is 14.2 Å². The van der Waals surface area contributed by atoms with Crippen molar-refractivity contribution in [1.82, 2.24) is 0 Å². The number of benzene rings is 2. The Morgan fingerprint density at radius 3 is 1.94 bits per heavy atom. The molecule has 0 aliphatic heterocycles. The van der Waals surface area contributed by atoms with Crippen molar-refractivity contribution in [2.75, 3.05) is 6.61 Å². The molecular weight excluding hydrogens is 488 g/mol. The Kier molecular flexibility index (Phi) is 9.57. The topological polar surface area (TPSA) is 75.0 Å². The molecule has 0 aliphatic rings. The van der Waals surface area contributed by atoms with Crippen LogP contribution in [0.5, 0.6) is 17.2 Å². The fourth-order valence-electron chi connectivity index (χ4n) is 3.08. The van der Waals surface area contributed by atoms with Crippen LogP contribution in [0.15, 0.2) is 69.8 Å². The van der Waals surface area contributed by atoms with Crippen molar-refractivity contribution in [1.29, 1.82) is 0 Å². The predicted octanol–water partition coefficient (Wildman–Crippen LogP) is 7.22. The highest BCUT2D eigenvalue weighted by atomic mass is 79.9. The van der Waals surface area contributed by atoms with E-state index in [1.807, 2.05) is 0 Å². The maximum absolute atomic E-state index is 12.4. The molecule has 0 aliphatic carbocycles. The van der Waals surface area contributed by atoms with E-state index in [0.717, 1.165) is 12.2 Å². The Labute approximate surface area is 202 Å². The number of ether oxygens (including phenoxy) is 3. The molecule has 0 saturated heterocycles. The third kappa shape index (κ3) is 8.09. The number of hydrogen-bond donors (Lipinski definition) is 0. The summed E-state index contributed by atoms with van der Waals surface area (Å²) < 4.78 is 22.0. The SMILES string of the molecule is CCCCCCCCOc1ccc(OC(=O)c2ccc(OC(=O)c3ccc(Br)o3)cc2)cc1. The molecule has 7 heteroatoms. The van der Waals surface area contributed by atoms with Crippen LogP contribution in [-0.2, 0) is 0 Å². The smallest absolute Gasteiger partial charge is 0.379 e. The van der Waals surface area contributed by atoms with Crippen molar-refractivity contribution in [2.24, 2.45) is 0 Å². The molecular formula is C26H27BrO6. The van der Waals surface area contributed by atoms with Gasteiger partial charge in [-0.25, -0.2) is 9.59 Å². The summed E-state index contributed by atoms with van der Waals surface area (Å²) in [5.74, 6) is 0.392.